The summed E-state index contributed by atoms with van der Waals surface area (Å²) in [5.74, 6) is 0. The zero-order valence-corrected chi connectivity index (χ0v) is 12.1. The average Bonchev–Trinajstić information content (AvgIpc) is 2.22. The number of hydrogen-bond donors (Lipinski definition) is 0. The Balaban J connectivity index is 0. The zero-order chi connectivity index (χ0) is 12.3. The van der Waals surface area contributed by atoms with Gasteiger partial charge in [0.05, 0.1) is 13.2 Å². The molecule has 0 aromatic rings. The molecule has 0 aromatic heterocycles. The largest absolute Gasteiger partial charge is 0.379 e. The van der Waals surface area contributed by atoms with E-state index in [0.717, 1.165) is 26.3 Å². The molecular weight excluding hydrogens is 209 g/mol. The fraction of sp³-hybridized carbons (Fsp3) is 0.909. The van der Waals surface area contributed by atoms with Gasteiger partial charge < -0.3 is 14.2 Å². The highest BCUT2D eigenvalue weighted by atomic mass is 31.2. The molecule has 0 radical (unpaired) electrons. The van der Waals surface area contributed by atoms with Crippen LogP contribution >= 0.6 is 7.11 Å². The summed E-state index contributed by atoms with van der Waals surface area (Å²) in [5.41, 5.74) is 0. The second kappa shape index (κ2) is 10.7. The van der Waals surface area contributed by atoms with Crippen molar-refractivity contribution < 1.29 is 9.26 Å². The normalized spacial score (nSPS) is 16.9. The van der Waals surface area contributed by atoms with Gasteiger partial charge in [0, 0.05) is 20.2 Å². The summed E-state index contributed by atoms with van der Waals surface area (Å²) < 4.78 is 10.0. The molecule has 15 heavy (non-hydrogen) atoms. The van der Waals surface area contributed by atoms with Gasteiger partial charge in [-0.25, -0.2) is 0 Å². The Hall–Kier alpha value is 0.180. The fourth-order valence-corrected chi connectivity index (χ4v) is 0.655. The summed E-state index contributed by atoms with van der Waals surface area (Å²) in [6.45, 7) is 12.1. The number of nitrogens with zero attached hydrogens (tertiary/aromatic N) is 1. The Labute approximate surface area is 95.8 Å². The first kappa shape index (κ1) is 17.6. The van der Waals surface area contributed by atoms with Crippen molar-refractivity contribution >= 4 is 13.4 Å². The molecule has 4 heteroatoms. The van der Waals surface area contributed by atoms with E-state index in [1.165, 1.54) is 0 Å². The smallest absolute Gasteiger partial charge is 0.0594 e. The molecule has 0 atom stereocenters. The third-order valence-electron chi connectivity index (χ3n) is 1.73. The van der Waals surface area contributed by atoms with Gasteiger partial charge in [0.1, 0.15) is 0 Å². The van der Waals surface area contributed by atoms with Gasteiger partial charge in [0.25, 0.3) is 0 Å². The zero-order valence-electron chi connectivity index (χ0n) is 11.2. The lowest BCUT2D eigenvalue weighted by Gasteiger charge is -2.21. The maximum absolute atomic E-state index is 5.10. The van der Waals surface area contributed by atoms with Gasteiger partial charge in [0.2, 0.25) is 0 Å². The molecular formula is C11H28NO2P. The number of morpholine rings is 1. The van der Waals surface area contributed by atoms with Crippen LogP contribution in [0.15, 0.2) is 0 Å². The first-order valence-electron chi connectivity index (χ1n) is 5.46. The lowest BCUT2D eigenvalue weighted by atomic mass is 10.5. The van der Waals surface area contributed by atoms with Gasteiger partial charge in [-0.1, -0.05) is 20.1 Å². The van der Waals surface area contributed by atoms with Gasteiger partial charge in [-0.3, -0.25) is 0 Å². The lowest BCUT2D eigenvalue weighted by molar-refractivity contribution is 0.0503. The number of hydrogen-bond acceptors (Lipinski definition) is 3. The Morgan fingerprint density at radius 2 is 1.53 bits per heavy atom. The van der Waals surface area contributed by atoms with E-state index in [9.17, 15) is 0 Å². The van der Waals surface area contributed by atoms with Crippen LogP contribution in [0, 0.1) is 0 Å². The van der Waals surface area contributed by atoms with Gasteiger partial charge in [-0.2, -0.15) is 0 Å². The lowest BCUT2D eigenvalue weighted by Crippen LogP contribution is -2.32. The first-order chi connectivity index (χ1) is 6.95. The van der Waals surface area contributed by atoms with E-state index < -0.39 is 7.11 Å². The average molecular weight is 237 g/mol. The topological polar surface area (TPSA) is 21.7 Å². The molecule has 0 aromatic carbocycles. The molecule has 1 aliphatic heterocycles. The fourth-order valence-electron chi connectivity index (χ4n) is 0.655. The summed E-state index contributed by atoms with van der Waals surface area (Å²) in [6.07, 6.45) is 3.78. The van der Waals surface area contributed by atoms with Crippen molar-refractivity contribution in [1.29, 1.82) is 0 Å². The van der Waals surface area contributed by atoms with Crippen molar-refractivity contribution in [2.45, 2.75) is 13.8 Å². The molecule has 0 unspecified atom stereocenters. The minimum Gasteiger partial charge on any atom is -0.379 e. The second-order valence-corrected chi connectivity index (χ2v) is 7.19. The SMILES string of the molecule is C=P(C)(C)OC.CC.CN1CCOCC1. The number of rotatable bonds is 1. The highest BCUT2D eigenvalue weighted by Gasteiger charge is 2.02. The van der Waals surface area contributed by atoms with Gasteiger partial charge in [0.15, 0.2) is 0 Å². The number of likely N-dealkylation sites (N-methyl/N-ethyl adjacent to an activating group) is 1. The molecule has 3 nitrogen and oxygen atoms in total. The third kappa shape index (κ3) is 16.8. The minimum absolute atomic E-state index is 0.913. The first-order valence-corrected chi connectivity index (χ1v) is 8.24. The molecule has 1 fully saturated rings. The molecule has 1 rings (SSSR count). The quantitative estimate of drug-likeness (QED) is 0.653. The monoisotopic (exact) mass is 237 g/mol. The van der Waals surface area contributed by atoms with Crippen molar-refractivity contribution in [2.24, 2.45) is 0 Å². The molecule has 1 heterocycles. The highest BCUT2D eigenvalue weighted by molar-refractivity contribution is 7.67. The van der Waals surface area contributed by atoms with Crippen molar-refractivity contribution in [1.82, 2.24) is 4.90 Å². The maximum Gasteiger partial charge on any atom is 0.0594 e. The molecule has 0 spiro atoms. The van der Waals surface area contributed by atoms with E-state index in [4.69, 9.17) is 9.26 Å². The third-order valence-corrected chi connectivity index (χ3v) is 2.72. The van der Waals surface area contributed by atoms with Gasteiger partial charge in [-0.15, -0.1) is 0 Å². The maximum atomic E-state index is 5.10. The van der Waals surface area contributed by atoms with Crippen molar-refractivity contribution in [2.75, 3.05) is 53.8 Å². The van der Waals surface area contributed by atoms with Crippen LogP contribution in [0.2, 0.25) is 0 Å². The van der Waals surface area contributed by atoms with Crippen LogP contribution in [-0.4, -0.2) is 65.0 Å². The molecule has 0 saturated carbocycles. The van der Waals surface area contributed by atoms with Crippen LogP contribution in [0.25, 0.3) is 0 Å². The summed E-state index contributed by atoms with van der Waals surface area (Å²) >= 11 is 0. The summed E-state index contributed by atoms with van der Waals surface area (Å²) in [4.78, 5) is 2.27. The molecule has 0 bridgehead atoms. The van der Waals surface area contributed by atoms with E-state index in [1.54, 1.807) is 7.11 Å². The second-order valence-electron chi connectivity index (χ2n) is 3.67. The van der Waals surface area contributed by atoms with Crippen LogP contribution in [0.1, 0.15) is 13.8 Å². The molecule has 1 aliphatic rings. The molecule has 1 saturated heterocycles. The molecule has 0 N–H and O–H groups in total. The van der Waals surface area contributed by atoms with Crippen molar-refractivity contribution in [3.63, 3.8) is 0 Å². The van der Waals surface area contributed by atoms with E-state index in [0.29, 0.717) is 0 Å². The Morgan fingerprint density at radius 3 is 1.67 bits per heavy atom. The van der Waals surface area contributed by atoms with Crippen LogP contribution in [0.4, 0.5) is 0 Å². The summed E-state index contributed by atoms with van der Waals surface area (Å²) in [6, 6.07) is 0. The Bertz CT molecular complexity index is 162. The van der Waals surface area contributed by atoms with E-state index in [1.807, 2.05) is 27.2 Å². The molecule has 94 valence electrons. The van der Waals surface area contributed by atoms with Crippen LogP contribution in [0.3, 0.4) is 0 Å². The van der Waals surface area contributed by atoms with Crippen LogP contribution in [-0.2, 0) is 9.26 Å². The predicted octanol–water partition coefficient (Wildman–Crippen LogP) is 2.23. The van der Waals surface area contributed by atoms with E-state index in [2.05, 4.69) is 18.2 Å². The van der Waals surface area contributed by atoms with Crippen molar-refractivity contribution in [3.8, 4) is 0 Å². The number of ether oxygens (including phenoxy) is 1. The van der Waals surface area contributed by atoms with E-state index in [-0.39, 0.29) is 0 Å². The summed E-state index contributed by atoms with van der Waals surface area (Å²) in [7, 11) is 2.66. The Morgan fingerprint density at radius 1 is 1.20 bits per heavy atom. The van der Waals surface area contributed by atoms with Crippen LogP contribution in [0.5, 0.6) is 0 Å². The van der Waals surface area contributed by atoms with Crippen molar-refractivity contribution in [3.05, 3.63) is 0 Å². The summed E-state index contributed by atoms with van der Waals surface area (Å²) in [5, 5.41) is 0. The predicted molar refractivity (Wildman–Crippen MR) is 72.6 cm³/mol. The molecule has 0 aliphatic carbocycles. The Kier molecular flexibility index (Phi) is 12.5. The van der Waals surface area contributed by atoms with E-state index >= 15 is 0 Å². The molecule has 0 amide bonds. The standard InChI is InChI=1S/C5H11NO.C4H11OP.C2H6/c1-6-2-4-7-5-3-6;1-5-6(2,3)4;1-2/h2-5H2,1H3;2H2,1,3-4H3;1-2H3. The van der Waals surface area contributed by atoms with Gasteiger partial charge in [-0.05, 0) is 27.5 Å². The highest BCUT2D eigenvalue weighted by Crippen LogP contribution is 2.34. The minimum atomic E-state index is -1.15. The van der Waals surface area contributed by atoms with Crippen LogP contribution < -0.4 is 0 Å². The van der Waals surface area contributed by atoms with Gasteiger partial charge >= 0.3 is 0 Å².